The molecule has 3 heteroatoms. The van der Waals surface area contributed by atoms with Gasteiger partial charge in [-0.3, -0.25) is 4.79 Å². The molecule has 0 heterocycles. The fourth-order valence-corrected chi connectivity index (χ4v) is 1.92. The van der Waals surface area contributed by atoms with Crippen LogP contribution >= 0.6 is 0 Å². The highest BCUT2D eigenvalue weighted by Crippen LogP contribution is 2.29. The van der Waals surface area contributed by atoms with Gasteiger partial charge in [0, 0.05) is 19.5 Å². The van der Waals surface area contributed by atoms with Crippen molar-refractivity contribution in [3.63, 3.8) is 0 Å². The van der Waals surface area contributed by atoms with Crippen LogP contribution in [0.1, 0.15) is 46.5 Å². The summed E-state index contributed by atoms with van der Waals surface area (Å²) >= 11 is 0. The van der Waals surface area contributed by atoms with Gasteiger partial charge in [0.2, 0.25) is 5.91 Å². The molecular formula is C12H23NO2. The second kappa shape index (κ2) is 4.97. The summed E-state index contributed by atoms with van der Waals surface area (Å²) in [7, 11) is 0. The van der Waals surface area contributed by atoms with Crippen LogP contribution in [0, 0.1) is 5.92 Å². The van der Waals surface area contributed by atoms with Gasteiger partial charge in [0.25, 0.3) is 0 Å². The topological polar surface area (TPSA) is 40.5 Å². The first-order valence-corrected chi connectivity index (χ1v) is 5.92. The van der Waals surface area contributed by atoms with Crippen molar-refractivity contribution in [2.45, 2.75) is 52.1 Å². The highest BCUT2D eigenvalue weighted by molar-refractivity contribution is 5.76. The molecule has 1 aliphatic carbocycles. The zero-order chi connectivity index (χ0) is 11.5. The molecule has 0 radical (unpaired) electrons. The predicted molar refractivity (Wildman–Crippen MR) is 60.5 cm³/mol. The molecule has 0 spiro atoms. The number of hydrogen-bond acceptors (Lipinski definition) is 2. The van der Waals surface area contributed by atoms with Crippen LogP contribution in [0.25, 0.3) is 0 Å². The van der Waals surface area contributed by atoms with Crippen molar-refractivity contribution < 1.29 is 9.90 Å². The van der Waals surface area contributed by atoms with Crippen LogP contribution in [0.3, 0.4) is 0 Å². The Bertz CT molecular complexity index is 216. The minimum absolute atomic E-state index is 0.198. The quantitative estimate of drug-likeness (QED) is 0.756. The maximum Gasteiger partial charge on any atom is 0.222 e. The Morgan fingerprint density at radius 2 is 2.07 bits per heavy atom. The Morgan fingerprint density at radius 3 is 2.40 bits per heavy atom. The van der Waals surface area contributed by atoms with Crippen molar-refractivity contribution in [3.8, 4) is 0 Å². The molecule has 3 nitrogen and oxygen atoms in total. The van der Waals surface area contributed by atoms with E-state index in [0.29, 0.717) is 25.4 Å². The lowest BCUT2D eigenvalue weighted by Gasteiger charge is -2.31. The summed E-state index contributed by atoms with van der Waals surface area (Å²) in [6.07, 6.45) is 4.34. The van der Waals surface area contributed by atoms with Gasteiger partial charge >= 0.3 is 0 Å². The van der Waals surface area contributed by atoms with Crippen LogP contribution in [0.2, 0.25) is 0 Å². The summed E-state index contributed by atoms with van der Waals surface area (Å²) in [5.41, 5.74) is -0.786. The van der Waals surface area contributed by atoms with Crippen LogP contribution in [0.5, 0.6) is 0 Å². The van der Waals surface area contributed by atoms with Gasteiger partial charge in [-0.05, 0) is 39.5 Å². The number of nitrogens with zero attached hydrogens (tertiary/aromatic N) is 1. The Morgan fingerprint density at radius 1 is 1.47 bits per heavy atom. The van der Waals surface area contributed by atoms with Crippen molar-refractivity contribution in [2.75, 3.05) is 13.1 Å². The third-order valence-electron chi connectivity index (χ3n) is 3.00. The minimum atomic E-state index is -0.786. The largest absolute Gasteiger partial charge is 0.389 e. The molecule has 1 rings (SSSR count). The highest BCUT2D eigenvalue weighted by Gasteiger charge is 2.26. The molecule has 88 valence electrons. The summed E-state index contributed by atoms with van der Waals surface area (Å²) < 4.78 is 0. The van der Waals surface area contributed by atoms with E-state index in [-0.39, 0.29) is 5.91 Å². The first-order valence-electron chi connectivity index (χ1n) is 5.92. The molecule has 0 saturated heterocycles. The van der Waals surface area contributed by atoms with E-state index < -0.39 is 5.60 Å². The maximum atomic E-state index is 11.9. The summed E-state index contributed by atoms with van der Waals surface area (Å²) in [5.74, 6) is 0.803. The number of likely N-dealkylation sites (N-methyl/N-ethyl adjacent to an activating group) is 1. The zero-order valence-corrected chi connectivity index (χ0v) is 10.1. The minimum Gasteiger partial charge on any atom is -0.389 e. The van der Waals surface area contributed by atoms with E-state index >= 15 is 0 Å². The molecule has 0 unspecified atom stereocenters. The molecule has 0 aromatic heterocycles. The van der Waals surface area contributed by atoms with E-state index in [0.717, 1.165) is 0 Å². The van der Waals surface area contributed by atoms with Gasteiger partial charge in [0.1, 0.15) is 0 Å². The lowest BCUT2D eigenvalue weighted by molar-refractivity contribution is -0.135. The average molecular weight is 213 g/mol. The summed E-state index contributed by atoms with van der Waals surface area (Å²) in [4.78, 5) is 13.6. The number of aliphatic hydroxyl groups is 1. The first kappa shape index (κ1) is 12.5. The molecule has 0 bridgehead atoms. The van der Waals surface area contributed by atoms with Crippen molar-refractivity contribution in [2.24, 2.45) is 5.92 Å². The van der Waals surface area contributed by atoms with E-state index in [9.17, 15) is 9.90 Å². The molecule has 0 atom stereocenters. The Labute approximate surface area is 92.5 Å². The first-order chi connectivity index (χ1) is 6.92. The van der Waals surface area contributed by atoms with E-state index in [1.165, 1.54) is 19.3 Å². The Kier molecular flexibility index (Phi) is 4.14. The van der Waals surface area contributed by atoms with Gasteiger partial charge in [0.15, 0.2) is 0 Å². The standard InChI is InChI=1S/C12H23NO2/c1-4-13(9-12(2,3)15)11(14)8-10-6-5-7-10/h10,15H,4-9H2,1-3H3. The predicted octanol–water partition coefficient (Wildman–Crippen LogP) is 1.80. The number of amides is 1. The van der Waals surface area contributed by atoms with Gasteiger partial charge in [0.05, 0.1) is 5.60 Å². The van der Waals surface area contributed by atoms with Gasteiger partial charge in [-0.25, -0.2) is 0 Å². The molecule has 0 aromatic rings. The Hall–Kier alpha value is -0.570. The van der Waals surface area contributed by atoms with E-state index in [1.54, 1.807) is 18.7 Å². The second-order valence-corrected chi connectivity index (χ2v) is 5.22. The summed E-state index contributed by atoms with van der Waals surface area (Å²) in [5, 5.41) is 9.68. The third-order valence-corrected chi connectivity index (χ3v) is 3.00. The van der Waals surface area contributed by atoms with Gasteiger partial charge in [-0.2, -0.15) is 0 Å². The molecule has 1 amide bonds. The number of carbonyl (C=O) groups excluding carboxylic acids is 1. The highest BCUT2D eigenvalue weighted by atomic mass is 16.3. The third kappa shape index (κ3) is 4.20. The van der Waals surface area contributed by atoms with Gasteiger partial charge in [-0.1, -0.05) is 6.42 Å². The number of carbonyl (C=O) groups is 1. The van der Waals surface area contributed by atoms with Crippen LogP contribution in [0.4, 0.5) is 0 Å². The molecular weight excluding hydrogens is 190 g/mol. The average Bonchev–Trinajstić information content (AvgIpc) is 2.05. The van der Waals surface area contributed by atoms with E-state index in [2.05, 4.69) is 0 Å². The van der Waals surface area contributed by atoms with Crippen LogP contribution in [0.15, 0.2) is 0 Å². The molecule has 1 fully saturated rings. The van der Waals surface area contributed by atoms with Crippen molar-refractivity contribution >= 4 is 5.91 Å². The second-order valence-electron chi connectivity index (χ2n) is 5.22. The lowest BCUT2D eigenvalue weighted by Crippen LogP contribution is -2.43. The normalized spacial score (nSPS) is 17.3. The van der Waals surface area contributed by atoms with Gasteiger partial charge in [-0.15, -0.1) is 0 Å². The molecule has 1 aliphatic rings. The van der Waals surface area contributed by atoms with Gasteiger partial charge < -0.3 is 10.0 Å². The molecule has 1 N–H and O–H groups in total. The molecule has 0 aromatic carbocycles. The van der Waals surface area contributed by atoms with Crippen LogP contribution in [-0.4, -0.2) is 34.6 Å². The zero-order valence-electron chi connectivity index (χ0n) is 10.1. The van der Waals surface area contributed by atoms with E-state index in [1.807, 2.05) is 6.92 Å². The smallest absolute Gasteiger partial charge is 0.222 e. The van der Waals surface area contributed by atoms with Crippen molar-refractivity contribution in [1.29, 1.82) is 0 Å². The van der Waals surface area contributed by atoms with Crippen LogP contribution < -0.4 is 0 Å². The number of rotatable bonds is 5. The summed E-state index contributed by atoms with van der Waals surface area (Å²) in [6, 6.07) is 0. The maximum absolute atomic E-state index is 11.9. The molecule has 1 saturated carbocycles. The fraction of sp³-hybridized carbons (Fsp3) is 0.917. The summed E-state index contributed by atoms with van der Waals surface area (Å²) in [6.45, 7) is 6.58. The molecule has 0 aliphatic heterocycles. The fourth-order valence-electron chi connectivity index (χ4n) is 1.92. The lowest BCUT2D eigenvalue weighted by atomic mass is 9.82. The van der Waals surface area contributed by atoms with E-state index in [4.69, 9.17) is 0 Å². The Balaban J connectivity index is 2.38. The molecule has 15 heavy (non-hydrogen) atoms. The number of hydrogen-bond donors (Lipinski definition) is 1. The van der Waals surface area contributed by atoms with Crippen molar-refractivity contribution in [3.05, 3.63) is 0 Å². The van der Waals surface area contributed by atoms with Crippen LogP contribution in [-0.2, 0) is 4.79 Å². The van der Waals surface area contributed by atoms with Crippen molar-refractivity contribution in [1.82, 2.24) is 4.90 Å². The monoisotopic (exact) mass is 213 g/mol. The SMILES string of the molecule is CCN(CC(C)(C)O)C(=O)CC1CCC1.